The summed E-state index contributed by atoms with van der Waals surface area (Å²) < 4.78 is 75.6. The van der Waals surface area contributed by atoms with Gasteiger partial charge in [-0.05, 0) is 66.7 Å². The quantitative estimate of drug-likeness (QED) is 0.439. The van der Waals surface area contributed by atoms with Crippen molar-refractivity contribution >= 4 is 33.3 Å². The van der Waals surface area contributed by atoms with E-state index in [1.54, 1.807) is 0 Å². The summed E-state index contributed by atoms with van der Waals surface area (Å²) >= 11 is 0. The van der Waals surface area contributed by atoms with E-state index in [9.17, 15) is 31.2 Å². The molecule has 0 aliphatic rings. The third kappa shape index (κ3) is 6.96. The van der Waals surface area contributed by atoms with Crippen molar-refractivity contribution in [3.05, 3.63) is 83.9 Å². The Hall–Kier alpha value is -4.06. The van der Waals surface area contributed by atoms with Crippen LogP contribution in [0.2, 0.25) is 0 Å². The Labute approximate surface area is 198 Å². The molecule has 0 saturated heterocycles. The van der Waals surface area contributed by atoms with Crippen LogP contribution in [0.25, 0.3) is 0 Å². The van der Waals surface area contributed by atoms with E-state index < -0.39 is 33.6 Å². The highest BCUT2D eigenvalue weighted by atomic mass is 32.2. The van der Waals surface area contributed by atoms with Crippen molar-refractivity contribution < 1.29 is 40.7 Å². The predicted molar refractivity (Wildman–Crippen MR) is 121 cm³/mol. The molecule has 0 bridgehead atoms. The fraction of sp³-hybridized carbons (Fsp3) is 0.130. The molecule has 3 aromatic rings. The molecule has 0 spiro atoms. The van der Waals surface area contributed by atoms with E-state index >= 15 is 0 Å². The number of hydrogen-bond acceptors (Lipinski definition) is 6. The Morgan fingerprint density at radius 1 is 0.914 bits per heavy atom. The Morgan fingerprint density at radius 3 is 2.17 bits per heavy atom. The van der Waals surface area contributed by atoms with Gasteiger partial charge < -0.3 is 14.8 Å². The maximum absolute atomic E-state index is 12.8. The van der Waals surface area contributed by atoms with Gasteiger partial charge in [0.1, 0.15) is 5.75 Å². The molecule has 1 amide bonds. The molecule has 35 heavy (non-hydrogen) atoms. The zero-order chi connectivity index (χ0) is 25.6. The monoisotopic (exact) mass is 508 g/mol. The van der Waals surface area contributed by atoms with Crippen molar-refractivity contribution in [2.45, 2.75) is 11.1 Å². The SMILES string of the molecule is COC(=O)c1ccc(NC(=O)COc2ccc(S(=O)(=O)Nc3cccc(C(F)(F)F)c3)cc2)cc1. The predicted octanol–water partition coefficient (Wildman–Crippen LogP) is 4.31. The van der Waals surface area contributed by atoms with Crippen molar-refractivity contribution in [1.29, 1.82) is 0 Å². The summed E-state index contributed by atoms with van der Waals surface area (Å²) in [6.07, 6.45) is -4.61. The van der Waals surface area contributed by atoms with Gasteiger partial charge in [-0.1, -0.05) is 6.07 Å². The van der Waals surface area contributed by atoms with Crippen LogP contribution in [0.1, 0.15) is 15.9 Å². The third-order valence-corrected chi connectivity index (χ3v) is 5.93. The second kappa shape index (κ2) is 10.5. The minimum atomic E-state index is -4.61. The lowest BCUT2D eigenvalue weighted by atomic mass is 10.2. The van der Waals surface area contributed by atoms with Crippen LogP contribution in [-0.4, -0.2) is 34.0 Å². The van der Waals surface area contributed by atoms with Crippen molar-refractivity contribution in [3.8, 4) is 5.75 Å². The van der Waals surface area contributed by atoms with E-state index in [4.69, 9.17) is 4.74 Å². The average Bonchev–Trinajstić information content (AvgIpc) is 2.82. The average molecular weight is 508 g/mol. The first-order valence-corrected chi connectivity index (χ1v) is 11.4. The number of ether oxygens (including phenoxy) is 2. The third-order valence-electron chi connectivity index (χ3n) is 4.54. The van der Waals surface area contributed by atoms with Gasteiger partial charge in [0, 0.05) is 11.4 Å². The molecular formula is C23H19F3N2O6S. The van der Waals surface area contributed by atoms with E-state index in [0.29, 0.717) is 17.3 Å². The molecule has 0 aliphatic heterocycles. The molecule has 0 unspecified atom stereocenters. The maximum atomic E-state index is 12.8. The van der Waals surface area contributed by atoms with Gasteiger partial charge in [0.15, 0.2) is 6.61 Å². The normalized spacial score (nSPS) is 11.4. The van der Waals surface area contributed by atoms with Gasteiger partial charge >= 0.3 is 12.1 Å². The van der Waals surface area contributed by atoms with Gasteiger partial charge in [-0.15, -0.1) is 0 Å². The van der Waals surface area contributed by atoms with E-state index in [0.717, 1.165) is 12.1 Å². The van der Waals surface area contributed by atoms with Crippen molar-refractivity contribution in [3.63, 3.8) is 0 Å². The molecule has 2 N–H and O–H groups in total. The van der Waals surface area contributed by atoms with E-state index in [1.807, 2.05) is 0 Å². The summed E-state index contributed by atoms with van der Waals surface area (Å²) in [5.41, 5.74) is -0.483. The number of methoxy groups -OCH3 is 1. The number of halogens is 3. The Morgan fingerprint density at radius 2 is 1.57 bits per heavy atom. The number of benzene rings is 3. The van der Waals surface area contributed by atoms with Gasteiger partial charge in [-0.2, -0.15) is 13.2 Å². The van der Waals surface area contributed by atoms with Crippen LogP contribution in [0, 0.1) is 0 Å². The largest absolute Gasteiger partial charge is 0.484 e. The Bertz CT molecular complexity index is 1310. The lowest BCUT2D eigenvalue weighted by molar-refractivity contribution is -0.137. The Kier molecular flexibility index (Phi) is 7.65. The highest BCUT2D eigenvalue weighted by molar-refractivity contribution is 7.92. The van der Waals surface area contributed by atoms with Crippen LogP contribution in [-0.2, 0) is 25.7 Å². The van der Waals surface area contributed by atoms with Crippen molar-refractivity contribution in [1.82, 2.24) is 0 Å². The lowest BCUT2D eigenvalue weighted by Gasteiger charge is -2.12. The molecule has 3 aromatic carbocycles. The number of esters is 1. The number of hydrogen-bond donors (Lipinski definition) is 2. The second-order valence-corrected chi connectivity index (χ2v) is 8.74. The molecule has 0 aliphatic carbocycles. The summed E-state index contributed by atoms with van der Waals surface area (Å²) in [5.74, 6) is -0.820. The lowest BCUT2D eigenvalue weighted by Crippen LogP contribution is -2.20. The summed E-state index contributed by atoms with van der Waals surface area (Å²) in [6.45, 7) is -0.382. The zero-order valence-corrected chi connectivity index (χ0v) is 18.9. The standard InChI is InChI=1S/C23H19F3N2O6S/c1-33-22(30)15-5-7-17(8-6-15)27-21(29)14-34-19-9-11-20(12-10-19)35(31,32)28-18-4-2-3-16(13-18)23(24,25)26/h2-13,28H,14H2,1H3,(H,27,29). The van der Waals surface area contributed by atoms with Crippen LogP contribution in [0.4, 0.5) is 24.5 Å². The van der Waals surface area contributed by atoms with Gasteiger partial charge in [0.05, 0.1) is 23.1 Å². The molecule has 3 rings (SSSR count). The first-order valence-electron chi connectivity index (χ1n) is 9.89. The van der Waals surface area contributed by atoms with E-state index in [1.165, 1.54) is 61.7 Å². The number of amides is 1. The fourth-order valence-electron chi connectivity index (χ4n) is 2.84. The molecule has 12 heteroatoms. The van der Waals surface area contributed by atoms with Crippen LogP contribution in [0.3, 0.4) is 0 Å². The summed E-state index contributed by atoms with van der Waals surface area (Å²) in [6, 6.07) is 14.8. The highest BCUT2D eigenvalue weighted by Gasteiger charge is 2.30. The van der Waals surface area contributed by atoms with E-state index in [-0.39, 0.29) is 22.9 Å². The van der Waals surface area contributed by atoms with Crippen LogP contribution in [0.15, 0.2) is 77.7 Å². The van der Waals surface area contributed by atoms with E-state index in [2.05, 4.69) is 14.8 Å². The molecule has 0 fully saturated rings. The molecule has 0 atom stereocenters. The molecule has 0 aromatic heterocycles. The fourth-order valence-corrected chi connectivity index (χ4v) is 3.89. The number of rotatable bonds is 8. The maximum Gasteiger partial charge on any atom is 0.416 e. The molecular weight excluding hydrogens is 489 g/mol. The molecule has 8 nitrogen and oxygen atoms in total. The summed E-state index contributed by atoms with van der Waals surface area (Å²) in [5, 5.41) is 2.57. The smallest absolute Gasteiger partial charge is 0.416 e. The van der Waals surface area contributed by atoms with Crippen molar-refractivity contribution in [2.24, 2.45) is 0 Å². The molecule has 0 saturated carbocycles. The van der Waals surface area contributed by atoms with Crippen LogP contribution >= 0.6 is 0 Å². The first kappa shape index (κ1) is 25.6. The number of alkyl halides is 3. The molecule has 184 valence electrons. The molecule has 0 radical (unpaired) electrons. The van der Waals surface area contributed by atoms with Crippen molar-refractivity contribution in [2.75, 3.05) is 23.8 Å². The van der Waals surface area contributed by atoms with Gasteiger partial charge in [-0.25, -0.2) is 13.2 Å². The second-order valence-electron chi connectivity index (χ2n) is 7.06. The van der Waals surface area contributed by atoms with Gasteiger partial charge in [0.25, 0.3) is 15.9 Å². The summed E-state index contributed by atoms with van der Waals surface area (Å²) in [4.78, 5) is 23.3. The minimum Gasteiger partial charge on any atom is -0.484 e. The highest BCUT2D eigenvalue weighted by Crippen LogP contribution is 2.31. The number of nitrogens with one attached hydrogen (secondary N) is 2. The number of sulfonamides is 1. The Balaban J connectivity index is 1.57. The summed E-state index contributed by atoms with van der Waals surface area (Å²) in [7, 11) is -2.91. The van der Waals surface area contributed by atoms with Crippen LogP contribution in [0.5, 0.6) is 5.75 Å². The van der Waals surface area contributed by atoms with Crippen LogP contribution < -0.4 is 14.8 Å². The minimum absolute atomic E-state index is 0.194. The zero-order valence-electron chi connectivity index (χ0n) is 18.1. The first-order chi connectivity index (χ1) is 16.5. The number of anilines is 2. The molecule has 0 heterocycles. The van der Waals surface area contributed by atoms with Gasteiger partial charge in [-0.3, -0.25) is 9.52 Å². The number of carbonyl (C=O) groups is 2. The topological polar surface area (TPSA) is 111 Å². The van der Waals surface area contributed by atoms with Gasteiger partial charge in [0.2, 0.25) is 0 Å². The number of carbonyl (C=O) groups excluding carboxylic acids is 2.